The summed E-state index contributed by atoms with van der Waals surface area (Å²) in [6, 6.07) is 10.3. The molecule has 2 unspecified atom stereocenters. The number of hydrogen-bond acceptors (Lipinski definition) is 1. The highest BCUT2D eigenvalue weighted by atomic mass is 35.5. The minimum absolute atomic E-state index is 0.594. The molecule has 1 aromatic rings. The molecule has 17 heavy (non-hydrogen) atoms. The van der Waals surface area contributed by atoms with Crippen molar-refractivity contribution < 1.29 is 5.11 Å². The van der Waals surface area contributed by atoms with E-state index in [2.05, 4.69) is 12.1 Å². The van der Waals surface area contributed by atoms with Crippen molar-refractivity contribution in [1.82, 2.24) is 0 Å². The van der Waals surface area contributed by atoms with Gasteiger partial charge in [-0.3, -0.25) is 0 Å². The van der Waals surface area contributed by atoms with Crippen molar-refractivity contribution in [1.29, 1.82) is 0 Å². The first-order valence-corrected chi connectivity index (χ1v) is 6.17. The molecule has 0 heterocycles. The molecule has 0 aromatic heterocycles. The lowest BCUT2D eigenvalue weighted by atomic mass is 9.86. The molecule has 1 aliphatic carbocycles. The molecule has 1 aliphatic rings. The summed E-state index contributed by atoms with van der Waals surface area (Å²) in [5.41, 5.74) is 3.35. The van der Waals surface area contributed by atoms with E-state index in [0.29, 0.717) is 0 Å². The van der Waals surface area contributed by atoms with Gasteiger partial charge in [0.25, 0.3) is 0 Å². The quantitative estimate of drug-likeness (QED) is 0.795. The van der Waals surface area contributed by atoms with E-state index in [1.54, 1.807) is 0 Å². The van der Waals surface area contributed by atoms with E-state index in [1.807, 2.05) is 44.2 Å². The molecule has 2 rings (SSSR count). The second kappa shape index (κ2) is 4.67. The molecular weight excluding hydrogens is 232 g/mol. The Morgan fingerprint density at radius 2 is 1.94 bits per heavy atom. The van der Waals surface area contributed by atoms with Gasteiger partial charge in [-0.25, -0.2) is 0 Å². The van der Waals surface area contributed by atoms with Gasteiger partial charge in [0.05, 0.1) is 11.0 Å². The number of halogens is 1. The van der Waals surface area contributed by atoms with E-state index >= 15 is 0 Å². The molecule has 0 radical (unpaired) electrons. The van der Waals surface area contributed by atoms with E-state index in [-0.39, 0.29) is 0 Å². The Bertz CT molecular complexity index is 457. The van der Waals surface area contributed by atoms with E-state index in [4.69, 9.17) is 11.6 Å². The van der Waals surface area contributed by atoms with Crippen LogP contribution in [0.5, 0.6) is 0 Å². The Labute approximate surface area is 107 Å². The SMILES string of the molecule is CC1=CC(Cc2ccccc2)=CC(C)(Cl)C1O. The van der Waals surface area contributed by atoms with Crippen LogP contribution in [0.1, 0.15) is 19.4 Å². The zero-order valence-corrected chi connectivity index (χ0v) is 10.9. The largest absolute Gasteiger partial charge is 0.387 e. The van der Waals surface area contributed by atoms with Crippen molar-refractivity contribution >= 4 is 11.6 Å². The lowest BCUT2D eigenvalue weighted by Crippen LogP contribution is -2.35. The summed E-state index contributed by atoms with van der Waals surface area (Å²) < 4.78 is 0. The maximum absolute atomic E-state index is 9.94. The van der Waals surface area contributed by atoms with Gasteiger partial charge in [0.2, 0.25) is 0 Å². The molecule has 0 amide bonds. The first kappa shape index (κ1) is 12.4. The summed E-state index contributed by atoms with van der Waals surface area (Å²) in [6.45, 7) is 3.77. The zero-order chi connectivity index (χ0) is 12.5. The Kier molecular flexibility index (Phi) is 3.41. The molecule has 0 saturated heterocycles. The average Bonchev–Trinajstić information content (AvgIpc) is 2.27. The van der Waals surface area contributed by atoms with Crippen molar-refractivity contribution in [2.24, 2.45) is 0 Å². The van der Waals surface area contributed by atoms with Gasteiger partial charge in [-0.15, -0.1) is 11.6 Å². The van der Waals surface area contributed by atoms with Crippen LogP contribution < -0.4 is 0 Å². The summed E-state index contributed by atoms with van der Waals surface area (Å²) in [5, 5.41) is 9.94. The Balaban J connectivity index is 2.23. The van der Waals surface area contributed by atoms with E-state index in [1.165, 1.54) is 5.56 Å². The Morgan fingerprint density at radius 3 is 2.53 bits per heavy atom. The predicted molar refractivity (Wildman–Crippen MR) is 72.3 cm³/mol. The standard InChI is InChI=1S/C15H17ClO/c1-11-8-13(10-15(2,16)14(11)17)9-12-6-4-3-5-7-12/h3-8,10,14,17H,9H2,1-2H3. The van der Waals surface area contributed by atoms with Crippen LogP contribution in [0.2, 0.25) is 0 Å². The summed E-state index contributed by atoms with van der Waals surface area (Å²) in [6.07, 6.45) is 4.25. The number of allylic oxidation sites excluding steroid dienone is 2. The summed E-state index contributed by atoms with van der Waals surface area (Å²) in [7, 11) is 0. The number of hydrogen-bond donors (Lipinski definition) is 1. The van der Waals surface area contributed by atoms with Crippen LogP contribution in [0, 0.1) is 0 Å². The van der Waals surface area contributed by atoms with Crippen LogP contribution in [0.15, 0.2) is 53.6 Å². The normalized spacial score (nSPS) is 28.6. The third-order valence-electron chi connectivity index (χ3n) is 3.10. The molecule has 1 N–H and O–H groups in total. The van der Waals surface area contributed by atoms with Crippen LogP contribution in [0.25, 0.3) is 0 Å². The third kappa shape index (κ3) is 2.80. The molecule has 90 valence electrons. The fourth-order valence-electron chi connectivity index (χ4n) is 2.23. The van der Waals surface area contributed by atoms with Gasteiger partial charge in [-0.2, -0.15) is 0 Å². The van der Waals surface area contributed by atoms with Crippen LogP contribution in [-0.2, 0) is 6.42 Å². The lowest BCUT2D eigenvalue weighted by molar-refractivity contribution is 0.183. The lowest BCUT2D eigenvalue weighted by Gasteiger charge is -2.30. The van der Waals surface area contributed by atoms with Gasteiger partial charge >= 0.3 is 0 Å². The maximum Gasteiger partial charge on any atom is 0.0975 e. The van der Waals surface area contributed by atoms with Crippen LogP contribution in [0.3, 0.4) is 0 Å². The van der Waals surface area contributed by atoms with Gasteiger partial charge in [0, 0.05) is 0 Å². The van der Waals surface area contributed by atoms with E-state index in [9.17, 15) is 5.11 Å². The predicted octanol–water partition coefficient (Wildman–Crippen LogP) is 3.47. The molecule has 0 aliphatic heterocycles. The molecule has 2 atom stereocenters. The number of alkyl halides is 1. The summed E-state index contributed by atoms with van der Waals surface area (Å²) in [4.78, 5) is -0.692. The van der Waals surface area contributed by atoms with E-state index < -0.39 is 11.0 Å². The third-order valence-corrected chi connectivity index (χ3v) is 3.41. The van der Waals surface area contributed by atoms with Gasteiger partial charge in [-0.05, 0) is 37.0 Å². The summed E-state index contributed by atoms with van der Waals surface area (Å²) >= 11 is 6.31. The van der Waals surface area contributed by atoms with Crippen LogP contribution in [-0.4, -0.2) is 16.1 Å². The Morgan fingerprint density at radius 1 is 1.29 bits per heavy atom. The minimum atomic E-state index is -0.692. The number of benzene rings is 1. The second-order valence-electron chi connectivity index (χ2n) is 4.82. The number of aliphatic hydroxyl groups excluding tert-OH is 1. The van der Waals surface area contributed by atoms with E-state index in [0.717, 1.165) is 17.6 Å². The molecule has 1 aromatic carbocycles. The monoisotopic (exact) mass is 248 g/mol. The molecule has 0 saturated carbocycles. The fraction of sp³-hybridized carbons (Fsp3) is 0.333. The first-order valence-electron chi connectivity index (χ1n) is 5.80. The smallest absolute Gasteiger partial charge is 0.0975 e. The zero-order valence-electron chi connectivity index (χ0n) is 10.2. The van der Waals surface area contributed by atoms with Gasteiger partial charge in [-0.1, -0.05) is 42.5 Å². The first-order chi connectivity index (χ1) is 7.99. The van der Waals surface area contributed by atoms with Crippen LogP contribution in [0.4, 0.5) is 0 Å². The summed E-state index contributed by atoms with van der Waals surface area (Å²) in [5.74, 6) is 0. The minimum Gasteiger partial charge on any atom is -0.387 e. The molecule has 0 spiro atoms. The van der Waals surface area contributed by atoms with Crippen molar-refractivity contribution in [3.8, 4) is 0 Å². The molecule has 2 heteroatoms. The van der Waals surface area contributed by atoms with Crippen molar-refractivity contribution in [2.75, 3.05) is 0 Å². The van der Waals surface area contributed by atoms with Crippen molar-refractivity contribution in [3.63, 3.8) is 0 Å². The number of aliphatic hydroxyl groups is 1. The highest BCUT2D eigenvalue weighted by Crippen LogP contribution is 2.33. The maximum atomic E-state index is 9.94. The topological polar surface area (TPSA) is 20.2 Å². The average molecular weight is 249 g/mol. The van der Waals surface area contributed by atoms with Gasteiger partial charge in [0.15, 0.2) is 0 Å². The Hall–Kier alpha value is -1.05. The number of rotatable bonds is 2. The van der Waals surface area contributed by atoms with Gasteiger partial charge in [0.1, 0.15) is 0 Å². The molecule has 0 fully saturated rings. The highest BCUT2D eigenvalue weighted by Gasteiger charge is 2.32. The van der Waals surface area contributed by atoms with Gasteiger partial charge < -0.3 is 5.11 Å². The van der Waals surface area contributed by atoms with Crippen molar-refractivity contribution in [2.45, 2.75) is 31.2 Å². The molecule has 1 nitrogen and oxygen atoms in total. The highest BCUT2D eigenvalue weighted by molar-refractivity contribution is 6.25. The fourth-order valence-corrected chi connectivity index (χ4v) is 2.55. The van der Waals surface area contributed by atoms with Crippen molar-refractivity contribution in [3.05, 3.63) is 59.2 Å². The molecular formula is C15H17ClO. The second-order valence-corrected chi connectivity index (χ2v) is 5.64. The van der Waals surface area contributed by atoms with Crippen LogP contribution >= 0.6 is 11.6 Å². The molecule has 0 bridgehead atoms.